The van der Waals surface area contributed by atoms with Gasteiger partial charge in [0.1, 0.15) is 18.4 Å². The highest BCUT2D eigenvalue weighted by atomic mass is 35.5. The second-order valence-corrected chi connectivity index (χ2v) is 9.57. The molecule has 2 aromatic rings. The van der Waals surface area contributed by atoms with E-state index in [1.165, 1.54) is 4.31 Å². The molecule has 30 heavy (non-hydrogen) atoms. The fourth-order valence-electron chi connectivity index (χ4n) is 3.05. The number of sulfonamides is 1. The molecule has 2 rings (SSSR count). The molecule has 0 heterocycles. The lowest BCUT2D eigenvalue weighted by atomic mass is 10.1. The van der Waals surface area contributed by atoms with Gasteiger partial charge in [0.2, 0.25) is 15.9 Å². The van der Waals surface area contributed by atoms with Crippen molar-refractivity contribution in [2.75, 3.05) is 23.7 Å². The van der Waals surface area contributed by atoms with Crippen LogP contribution in [0, 0.1) is 20.8 Å². The van der Waals surface area contributed by atoms with Gasteiger partial charge < -0.3 is 10.1 Å². The number of anilines is 1. The fourth-order valence-corrected chi connectivity index (χ4v) is 4.42. The van der Waals surface area contributed by atoms with Crippen LogP contribution in [-0.2, 0) is 14.8 Å². The Hall–Kier alpha value is -2.25. The second kappa shape index (κ2) is 10.2. The van der Waals surface area contributed by atoms with Crippen LogP contribution in [0.2, 0.25) is 5.02 Å². The van der Waals surface area contributed by atoms with E-state index in [2.05, 4.69) is 5.32 Å². The standard InChI is InChI=1S/C22H29ClN2O4S/c1-6-21(25(30(5,27)28)18-9-7-15(2)17(4)13-18)22(26)24-11-12-29-19-10-8-16(3)20(23)14-19/h7-10,13-14,21H,6,11-12H2,1-5H3,(H,24,26). The molecule has 0 saturated heterocycles. The van der Waals surface area contributed by atoms with Crippen molar-refractivity contribution >= 4 is 33.2 Å². The van der Waals surface area contributed by atoms with Gasteiger partial charge in [-0.15, -0.1) is 0 Å². The van der Waals surface area contributed by atoms with Gasteiger partial charge in [-0.1, -0.05) is 30.7 Å². The van der Waals surface area contributed by atoms with Gasteiger partial charge in [-0.3, -0.25) is 9.10 Å². The fraction of sp³-hybridized carbons (Fsp3) is 0.409. The van der Waals surface area contributed by atoms with Gasteiger partial charge in [0, 0.05) is 5.02 Å². The molecule has 0 fully saturated rings. The molecule has 164 valence electrons. The van der Waals surface area contributed by atoms with Crippen molar-refractivity contribution in [3.8, 4) is 5.75 Å². The molecule has 0 bridgehead atoms. The van der Waals surface area contributed by atoms with Crippen LogP contribution in [0.1, 0.15) is 30.0 Å². The largest absolute Gasteiger partial charge is 0.492 e. The monoisotopic (exact) mass is 452 g/mol. The van der Waals surface area contributed by atoms with Crippen LogP contribution in [0.15, 0.2) is 36.4 Å². The minimum absolute atomic E-state index is 0.240. The van der Waals surface area contributed by atoms with E-state index in [1.807, 2.05) is 39.0 Å². The normalized spacial score (nSPS) is 12.3. The molecule has 0 aliphatic carbocycles. The Bertz CT molecular complexity index is 1010. The number of carbonyl (C=O) groups excluding carboxylic acids is 1. The van der Waals surface area contributed by atoms with Crippen molar-refractivity contribution in [3.05, 3.63) is 58.1 Å². The molecule has 0 aliphatic rings. The molecule has 0 saturated carbocycles. The van der Waals surface area contributed by atoms with Gasteiger partial charge in [0.15, 0.2) is 0 Å². The van der Waals surface area contributed by atoms with Crippen molar-refractivity contribution in [1.82, 2.24) is 5.32 Å². The van der Waals surface area contributed by atoms with Crippen LogP contribution in [-0.4, -0.2) is 39.8 Å². The summed E-state index contributed by atoms with van der Waals surface area (Å²) in [5, 5.41) is 3.39. The molecular weight excluding hydrogens is 424 g/mol. The Morgan fingerprint density at radius 2 is 1.77 bits per heavy atom. The summed E-state index contributed by atoms with van der Waals surface area (Å²) < 4.78 is 31.8. The molecule has 2 aromatic carbocycles. The maximum Gasteiger partial charge on any atom is 0.244 e. The van der Waals surface area contributed by atoms with Gasteiger partial charge in [0.05, 0.1) is 18.5 Å². The van der Waals surface area contributed by atoms with E-state index in [9.17, 15) is 13.2 Å². The van der Waals surface area contributed by atoms with E-state index in [-0.39, 0.29) is 19.1 Å². The lowest BCUT2D eigenvalue weighted by molar-refractivity contribution is -0.122. The first kappa shape index (κ1) is 24.0. The molecule has 0 spiro atoms. The summed E-state index contributed by atoms with van der Waals surface area (Å²) in [6, 6.07) is 9.91. The number of nitrogens with one attached hydrogen (secondary N) is 1. The summed E-state index contributed by atoms with van der Waals surface area (Å²) in [5.74, 6) is 0.242. The van der Waals surface area contributed by atoms with Crippen LogP contribution < -0.4 is 14.4 Å². The summed E-state index contributed by atoms with van der Waals surface area (Å²) in [7, 11) is -3.66. The lowest BCUT2D eigenvalue weighted by Crippen LogP contribution is -2.50. The maximum atomic E-state index is 12.8. The van der Waals surface area contributed by atoms with Crippen molar-refractivity contribution in [1.29, 1.82) is 0 Å². The number of ether oxygens (including phenoxy) is 1. The van der Waals surface area contributed by atoms with E-state index in [0.717, 1.165) is 22.9 Å². The summed E-state index contributed by atoms with van der Waals surface area (Å²) in [4.78, 5) is 12.8. The summed E-state index contributed by atoms with van der Waals surface area (Å²) in [6.07, 6.45) is 1.45. The van der Waals surface area contributed by atoms with Gasteiger partial charge in [-0.25, -0.2) is 8.42 Å². The number of carbonyl (C=O) groups is 1. The van der Waals surface area contributed by atoms with Crippen LogP contribution in [0.25, 0.3) is 0 Å². The first-order valence-corrected chi connectivity index (χ1v) is 12.0. The van der Waals surface area contributed by atoms with E-state index in [1.54, 1.807) is 25.1 Å². The number of aryl methyl sites for hydroxylation is 3. The molecular formula is C22H29ClN2O4S. The number of rotatable bonds is 9. The van der Waals surface area contributed by atoms with Crippen molar-refractivity contribution in [3.63, 3.8) is 0 Å². The number of benzene rings is 2. The minimum Gasteiger partial charge on any atom is -0.492 e. The van der Waals surface area contributed by atoms with Crippen LogP contribution in [0.5, 0.6) is 5.75 Å². The molecule has 1 unspecified atom stereocenters. The maximum absolute atomic E-state index is 12.8. The van der Waals surface area contributed by atoms with Crippen molar-refractivity contribution in [2.45, 2.75) is 40.2 Å². The molecule has 1 atom stereocenters. The van der Waals surface area contributed by atoms with Crippen LogP contribution >= 0.6 is 11.6 Å². The SMILES string of the molecule is CCC(C(=O)NCCOc1ccc(C)c(Cl)c1)N(c1ccc(C)c(C)c1)S(C)(=O)=O. The van der Waals surface area contributed by atoms with Crippen molar-refractivity contribution < 1.29 is 17.9 Å². The highest BCUT2D eigenvalue weighted by Gasteiger charge is 2.31. The Balaban J connectivity index is 2.07. The van der Waals surface area contributed by atoms with Gasteiger partial charge in [0.25, 0.3) is 0 Å². The average Bonchev–Trinajstić information content (AvgIpc) is 2.67. The van der Waals surface area contributed by atoms with E-state index >= 15 is 0 Å². The molecule has 0 radical (unpaired) electrons. The van der Waals surface area contributed by atoms with Gasteiger partial charge in [-0.2, -0.15) is 0 Å². The Morgan fingerprint density at radius 3 is 2.33 bits per heavy atom. The highest BCUT2D eigenvalue weighted by Crippen LogP contribution is 2.25. The van der Waals surface area contributed by atoms with Gasteiger partial charge >= 0.3 is 0 Å². The molecule has 8 heteroatoms. The first-order chi connectivity index (χ1) is 14.0. The molecule has 1 N–H and O–H groups in total. The van der Waals surface area contributed by atoms with Crippen molar-refractivity contribution in [2.24, 2.45) is 0 Å². The smallest absolute Gasteiger partial charge is 0.244 e. The Morgan fingerprint density at radius 1 is 1.10 bits per heavy atom. The topological polar surface area (TPSA) is 75.7 Å². The van der Waals surface area contributed by atoms with Crippen LogP contribution in [0.3, 0.4) is 0 Å². The number of nitrogens with zero attached hydrogens (tertiary/aromatic N) is 1. The third-order valence-corrected chi connectivity index (χ3v) is 6.48. The molecule has 0 aromatic heterocycles. The summed E-state index contributed by atoms with van der Waals surface area (Å²) in [5.41, 5.74) is 3.45. The predicted octanol–water partition coefficient (Wildman–Crippen LogP) is 4.01. The zero-order valence-corrected chi connectivity index (χ0v) is 19.6. The summed E-state index contributed by atoms with van der Waals surface area (Å²) >= 11 is 6.08. The Labute approximate surface area is 184 Å². The van der Waals surface area contributed by atoms with E-state index in [0.29, 0.717) is 22.9 Å². The first-order valence-electron chi connectivity index (χ1n) is 9.78. The quantitative estimate of drug-likeness (QED) is 0.583. The molecule has 1 amide bonds. The average molecular weight is 453 g/mol. The molecule has 0 aliphatic heterocycles. The molecule has 6 nitrogen and oxygen atoms in total. The zero-order chi connectivity index (χ0) is 22.5. The van der Waals surface area contributed by atoms with Gasteiger partial charge in [-0.05, 0) is 68.1 Å². The third kappa shape index (κ3) is 6.12. The van der Waals surface area contributed by atoms with Crippen LogP contribution in [0.4, 0.5) is 5.69 Å². The predicted molar refractivity (Wildman–Crippen MR) is 122 cm³/mol. The summed E-state index contributed by atoms with van der Waals surface area (Å²) in [6.45, 7) is 8.04. The second-order valence-electron chi connectivity index (χ2n) is 7.30. The minimum atomic E-state index is -3.66. The number of halogens is 1. The van der Waals surface area contributed by atoms with E-state index < -0.39 is 16.1 Å². The highest BCUT2D eigenvalue weighted by molar-refractivity contribution is 7.92. The Kier molecular flexibility index (Phi) is 8.15. The van der Waals surface area contributed by atoms with E-state index in [4.69, 9.17) is 16.3 Å². The third-order valence-electron chi connectivity index (χ3n) is 4.89. The number of hydrogen-bond acceptors (Lipinski definition) is 4. The zero-order valence-electron chi connectivity index (χ0n) is 18.0. The lowest BCUT2D eigenvalue weighted by Gasteiger charge is -2.30. The number of amides is 1. The number of hydrogen-bond donors (Lipinski definition) is 1.